The highest BCUT2D eigenvalue weighted by molar-refractivity contribution is 6.31. The number of fused-ring (bicyclic) bond motifs is 1. The molecule has 4 N–H and O–H groups in total. The maximum Gasteiger partial charge on any atom is 0.269 e. The van der Waals surface area contributed by atoms with Gasteiger partial charge in [-0.05, 0) is 125 Å². The number of carbonyl (C=O) groups excluding carboxylic acids is 1. The van der Waals surface area contributed by atoms with Gasteiger partial charge in [-0.2, -0.15) is 14.9 Å². The summed E-state index contributed by atoms with van der Waals surface area (Å²) in [6.07, 6.45) is 16.3. The lowest BCUT2D eigenvalue weighted by atomic mass is 9.82. The van der Waals surface area contributed by atoms with Crippen LogP contribution in [0.1, 0.15) is 123 Å². The van der Waals surface area contributed by atoms with Gasteiger partial charge >= 0.3 is 0 Å². The maximum atomic E-state index is 12.5. The van der Waals surface area contributed by atoms with E-state index in [1.165, 1.54) is 6.42 Å². The number of nitrogens with zero attached hydrogens (tertiary/aromatic N) is 10. The van der Waals surface area contributed by atoms with Crippen LogP contribution < -0.4 is 30.3 Å². The Labute approximate surface area is 397 Å². The summed E-state index contributed by atoms with van der Waals surface area (Å²) in [6, 6.07) is 15.7. The zero-order valence-electron chi connectivity index (χ0n) is 38.5. The lowest BCUT2D eigenvalue weighted by Crippen LogP contribution is -2.43. The van der Waals surface area contributed by atoms with E-state index >= 15 is 0 Å². The number of piperidine rings is 3. The number of aromatic nitrogens is 6. The number of nitrogens with two attached hydrogens (primary N) is 1. The predicted octanol–water partition coefficient (Wildman–Crippen LogP) is 7.32. The van der Waals surface area contributed by atoms with Crippen molar-refractivity contribution in [3.63, 3.8) is 0 Å². The largest absolute Gasteiger partial charge is 0.490 e. The number of hydrogen-bond acceptors (Lipinski definition) is 14. The minimum absolute atomic E-state index is 0.0172. The number of nitrogens with one attached hydrogen (secondary N) is 1. The molecule has 4 aromatic heterocycles. The normalized spacial score (nSPS) is 21.0. The average Bonchev–Trinajstić information content (AvgIpc) is 3.78. The molecule has 0 bridgehead atoms. The van der Waals surface area contributed by atoms with Crippen molar-refractivity contribution >= 4 is 40.6 Å². The van der Waals surface area contributed by atoms with Gasteiger partial charge in [0.2, 0.25) is 5.88 Å². The average molecular weight is 932 g/mol. The van der Waals surface area contributed by atoms with Crippen molar-refractivity contribution in [1.82, 2.24) is 34.7 Å². The number of aliphatic hydroxyl groups is 1. The van der Waals surface area contributed by atoms with Crippen LogP contribution in [0.25, 0.3) is 5.65 Å². The van der Waals surface area contributed by atoms with Gasteiger partial charge in [-0.1, -0.05) is 24.6 Å². The highest BCUT2D eigenvalue weighted by atomic mass is 35.5. The van der Waals surface area contributed by atoms with Crippen molar-refractivity contribution in [3.05, 3.63) is 87.8 Å². The summed E-state index contributed by atoms with van der Waals surface area (Å²) in [6.45, 7) is 8.67. The summed E-state index contributed by atoms with van der Waals surface area (Å²) in [5, 5.41) is 36.5. The third kappa shape index (κ3) is 11.0. The van der Waals surface area contributed by atoms with E-state index in [1.54, 1.807) is 18.2 Å². The quantitative estimate of drug-likeness (QED) is 0.0890. The SMILES string of the molecule is CCc1cnn2c(NCc3ccc(OC4CCN(CC5CCN(c6cc(C7CCC(Oc8ccc(C#N)c(Cl)c8)CC7)c(C(N)=O)nn6)CC5)CC4)nc3)cc(N3CCCC[C@H]3CCO)nc12. The molecule has 1 aromatic carbocycles. The number of benzene rings is 1. The van der Waals surface area contributed by atoms with Gasteiger partial charge in [0.15, 0.2) is 17.2 Å². The van der Waals surface area contributed by atoms with E-state index in [9.17, 15) is 15.2 Å². The zero-order chi connectivity index (χ0) is 46.3. The Morgan fingerprint density at radius 2 is 1.72 bits per heavy atom. The summed E-state index contributed by atoms with van der Waals surface area (Å²) in [7, 11) is 0. The van der Waals surface area contributed by atoms with Crippen molar-refractivity contribution in [2.45, 2.75) is 121 Å². The van der Waals surface area contributed by atoms with E-state index in [0.717, 1.165) is 156 Å². The molecule has 0 radical (unpaired) electrons. The second kappa shape index (κ2) is 21.5. The third-order valence-electron chi connectivity index (χ3n) is 14.4. The van der Waals surface area contributed by atoms with E-state index in [0.29, 0.717) is 34.7 Å². The van der Waals surface area contributed by atoms with Crippen LogP contribution in [0, 0.1) is 17.2 Å². The maximum absolute atomic E-state index is 12.5. The number of nitriles is 1. The van der Waals surface area contributed by atoms with Crippen LogP contribution in [0.3, 0.4) is 0 Å². The van der Waals surface area contributed by atoms with Gasteiger partial charge in [0.05, 0.1) is 22.9 Å². The fourth-order valence-electron chi connectivity index (χ4n) is 10.5. The lowest BCUT2D eigenvalue weighted by molar-refractivity contribution is 0.0850. The number of rotatable bonds is 16. The fraction of sp³-hybridized carbons (Fsp3) is 0.540. The minimum Gasteiger partial charge on any atom is -0.490 e. The summed E-state index contributed by atoms with van der Waals surface area (Å²) in [4.78, 5) is 29.5. The molecule has 0 spiro atoms. The van der Waals surface area contributed by atoms with Crippen molar-refractivity contribution in [1.29, 1.82) is 5.26 Å². The van der Waals surface area contributed by atoms with E-state index in [1.807, 2.05) is 29.0 Å². The highest BCUT2D eigenvalue weighted by Crippen LogP contribution is 2.38. The second-order valence-electron chi connectivity index (χ2n) is 18.7. The number of carbonyl (C=O) groups is 1. The molecule has 16 nitrogen and oxygen atoms in total. The molecule has 7 heterocycles. The van der Waals surface area contributed by atoms with Crippen LogP contribution in [-0.2, 0) is 13.0 Å². The number of aliphatic hydroxyl groups excluding tert-OH is 1. The molecular weight excluding hydrogens is 868 g/mol. The van der Waals surface area contributed by atoms with Crippen LogP contribution in [0.4, 0.5) is 17.5 Å². The van der Waals surface area contributed by atoms with Gasteiger partial charge in [-0.15, -0.1) is 10.2 Å². The van der Waals surface area contributed by atoms with Gasteiger partial charge < -0.3 is 40.3 Å². The smallest absolute Gasteiger partial charge is 0.269 e. The molecule has 1 amide bonds. The number of pyridine rings is 1. The number of ether oxygens (including phenoxy) is 2. The number of hydrogen-bond donors (Lipinski definition) is 3. The fourth-order valence-corrected chi connectivity index (χ4v) is 10.7. The lowest BCUT2D eigenvalue weighted by Gasteiger charge is -2.38. The van der Waals surface area contributed by atoms with Crippen LogP contribution in [0.2, 0.25) is 5.02 Å². The van der Waals surface area contributed by atoms with Gasteiger partial charge in [-0.25, -0.2) is 9.97 Å². The Balaban J connectivity index is 0.724. The van der Waals surface area contributed by atoms with Gasteiger partial charge in [0.1, 0.15) is 29.6 Å². The number of likely N-dealkylation sites (tertiary alicyclic amines) is 1. The summed E-state index contributed by atoms with van der Waals surface area (Å²) < 4.78 is 14.5. The first-order valence-corrected chi connectivity index (χ1v) is 24.7. The first-order chi connectivity index (χ1) is 32.7. The Morgan fingerprint density at radius 1 is 0.910 bits per heavy atom. The molecule has 4 fully saturated rings. The van der Waals surface area contributed by atoms with E-state index < -0.39 is 5.91 Å². The van der Waals surface area contributed by atoms with Crippen molar-refractivity contribution in [3.8, 4) is 17.7 Å². The van der Waals surface area contributed by atoms with Crippen LogP contribution in [0.5, 0.6) is 11.6 Å². The number of aryl methyl sites for hydroxylation is 1. The number of anilines is 3. The zero-order valence-corrected chi connectivity index (χ0v) is 39.3. The van der Waals surface area contributed by atoms with Crippen LogP contribution in [0.15, 0.2) is 54.9 Å². The molecule has 354 valence electrons. The molecule has 9 rings (SSSR count). The summed E-state index contributed by atoms with van der Waals surface area (Å²) >= 11 is 6.23. The van der Waals surface area contributed by atoms with Crippen LogP contribution in [-0.4, -0.2) is 110 Å². The van der Waals surface area contributed by atoms with Crippen molar-refractivity contribution < 1.29 is 19.4 Å². The molecule has 1 aliphatic carbocycles. The van der Waals surface area contributed by atoms with E-state index in [4.69, 9.17) is 36.8 Å². The molecule has 1 atom stereocenters. The van der Waals surface area contributed by atoms with Crippen molar-refractivity contribution in [2.75, 3.05) is 61.0 Å². The molecule has 5 aromatic rings. The van der Waals surface area contributed by atoms with E-state index in [-0.39, 0.29) is 36.5 Å². The molecule has 3 aliphatic heterocycles. The monoisotopic (exact) mass is 930 g/mol. The summed E-state index contributed by atoms with van der Waals surface area (Å²) in [5.74, 6) is 4.12. The Bertz CT molecular complexity index is 2510. The molecule has 4 aliphatic rings. The second-order valence-corrected chi connectivity index (χ2v) is 19.1. The van der Waals surface area contributed by atoms with E-state index in [2.05, 4.69) is 60.4 Å². The summed E-state index contributed by atoms with van der Waals surface area (Å²) in [5.41, 5.74) is 10.4. The first kappa shape index (κ1) is 46.4. The molecule has 67 heavy (non-hydrogen) atoms. The first-order valence-electron chi connectivity index (χ1n) is 24.4. The standard InChI is InChI=1S/C50H63ClN12O4/c1-2-35-31-56-63-44(27-45(57-50(35)63)62-19-4-3-5-38(62)18-24-64)54-29-34-6-13-47(55-30-34)67-40-16-20-60(21-17-40)32-33-14-22-61(23-15-33)46-26-42(48(49(53)65)59-58-46)36-7-10-39(11-8-36)66-41-12-9-37(28-52)43(51)25-41/h6,9,12-13,25-27,30-31,33,36,38-40,54,64H,2-5,7-8,10-11,14-24,29,32H2,1H3,(H2,53,65)/t36?,38-,39?/m0/s1. The van der Waals surface area contributed by atoms with Gasteiger partial charge in [-0.3, -0.25) is 4.79 Å². The molecular formula is C50H63ClN12O4. The highest BCUT2D eigenvalue weighted by Gasteiger charge is 2.31. The predicted molar refractivity (Wildman–Crippen MR) is 258 cm³/mol. The van der Waals surface area contributed by atoms with Crippen LogP contribution >= 0.6 is 11.6 Å². The Kier molecular flexibility index (Phi) is 14.9. The molecule has 3 saturated heterocycles. The topological polar surface area (TPSA) is 196 Å². The number of primary amides is 1. The molecule has 17 heteroatoms. The number of halogens is 1. The number of amides is 1. The van der Waals surface area contributed by atoms with Crippen molar-refractivity contribution in [2.24, 2.45) is 11.7 Å². The molecule has 1 saturated carbocycles. The van der Waals surface area contributed by atoms with Gasteiger partial charge in [0.25, 0.3) is 5.91 Å². The Morgan fingerprint density at radius 3 is 2.43 bits per heavy atom. The minimum atomic E-state index is -0.550. The van der Waals surface area contributed by atoms with Gasteiger partial charge in [0, 0.05) is 88.4 Å². The Hall–Kier alpha value is -5.76. The molecule has 0 unspecified atom stereocenters. The third-order valence-corrected chi connectivity index (χ3v) is 14.7.